The van der Waals surface area contributed by atoms with Gasteiger partial charge in [0.2, 0.25) is 5.43 Å². The highest BCUT2D eigenvalue weighted by atomic mass is 35.5. The predicted molar refractivity (Wildman–Crippen MR) is 114 cm³/mol. The number of aromatic hydroxyl groups is 1. The second-order valence-corrected chi connectivity index (χ2v) is 7.65. The average molecular weight is 428 g/mol. The van der Waals surface area contributed by atoms with Gasteiger partial charge in [0, 0.05) is 48.3 Å². The first kappa shape index (κ1) is 19.3. The summed E-state index contributed by atoms with van der Waals surface area (Å²) in [6.07, 6.45) is 0. The third kappa shape index (κ3) is 3.33. The lowest BCUT2D eigenvalue weighted by atomic mass is 9.93. The van der Waals surface area contributed by atoms with E-state index in [1.54, 1.807) is 38.4 Å². The molecule has 0 atom stereocenters. The van der Waals surface area contributed by atoms with Gasteiger partial charge < -0.3 is 14.4 Å². The lowest BCUT2D eigenvalue weighted by Gasteiger charge is -2.16. The van der Waals surface area contributed by atoms with Crippen LogP contribution in [0.4, 0.5) is 0 Å². The molecule has 2 aromatic rings. The minimum Gasteiger partial charge on any atom is -0.506 e. The molecule has 0 unspecified atom stereocenters. The summed E-state index contributed by atoms with van der Waals surface area (Å²) >= 11 is 12.2. The summed E-state index contributed by atoms with van der Waals surface area (Å²) in [7, 11) is 3.37. The van der Waals surface area contributed by atoms with Crippen LogP contribution < -0.4 is 5.43 Å². The SMILES string of the molecule is CN(C)C(=O)c1ccc(-c2c3cc(Cl)c(=O)cc-3oc3cc(O)c(Cl)cc23)cc1. The van der Waals surface area contributed by atoms with Crippen molar-refractivity contribution in [1.29, 1.82) is 0 Å². The van der Waals surface area contributed by atoms with E-state index in [0.29, 0.717) is 27.9 Å². The van der Waals surface area contributed by atoms with E-state index in [-0.39, 0.29) is 27.1 Å². The standard InChI is InChI=1S/C22H15Cl2NO4/c1-25(2)22(28)12-5-3-11(4-6-12)21-13-7-15(23)17(26)9-19(13)29-20-10-18(27)16(24)8-14(20)21/h3-10,26H,1-2H3. The van der Waals surface area contributed by atoms with Crippen LogP contribution >= 0.6 is 23.2 Å². The van der Waals surface area contributed by atoms with E-state index in [1.807, 2.05) is 12.1 Å². The molecule has 0 fully saturated rings. The zero-order valence-corrected chi connectivity index (χ0v) is 17.0. The lowest BCUT2D eigenvalue weighted by Crippen LogP contribution is -2.21. The molecular weight excluding hydrogens is 413 g/mol. The van der Waals surface area contributed by atoms with Crippen molar-refractivity contribution in [2.45, 2.75) is 0 Å². The van der Waals surface area contributed by atoms with Crippen molar-refractivity contribution < 1.29 is 14.3 Å². The van der Waals surface area contributed by atoms with Crippen molar-refractivity contribution >= 4 is 40.1 Å². The van der Waals surface area contributed by atoms with Crippen molar-refractivity contribution in [2.24, 2.45) is 0 Å². The minimum absolute atomic E-state index is 0.0672. The summed E-state index contributed by atoms with van der Waals surface area (Å²) in [6, 6.07) is 12.9. The topological polar surface area (TPSA) is 70.8 Å². The first-order valence-corrected chi connectivity index (χ1v) is 9.42. The molecule has 2 aliphatic rings. The summed E-state index contributed by atoms with van der Waals surface area (Å²) in [4.78, 5) is 25.7. The minimum atomic E-state index is -0.363. The molecule has 1 aliphatic heterocycles. The Kier molecular flexibility index (Phi) is 4.73. The van der Waals surface area contributed by atoms with E-state index in [9.17, 15) is 14.7 Å². The van der Waals surface area contributed by atoms with Gasteiger partial charge in [-0.25, -0.2) is 0 Å². The fourth-order valence-corrected chi connectivity index (χ4v) is 3.58. The maximum absolute atomic E-state index is 12.2. The Balaban J connectivity index is 2.05. The monoisotopic (exact) mass is 427 g/mol. The van der Waals surface area contributed by atoms with E-state index < -0.39 is 0 Å². The van der Waals surface area contributed by atoms with Gasteiger partial charge >= 0.3 is 0 Å². The van der Waals surface area contributed by atoms with Gasteiger partial charge in [-0.15, -0.1) is 0 Å². The van der Waals surface area contributed by atoms with Gasteiger partial charge in [-0.3, -0.25) is 9.59 Å². The van der Waals surface area contributed by atoms with Crippen molar-refractivity contribution in [3.05, 3.63) is 74.4 Å². The number of hydrogen-bond acceptors (Lipinski definition) is 4. The smallest absolute Gasteiger partial charge is 0.253 e. The number of fused-ring (bicyclic) bond motifs is 2. The Bertz CT molecular complexity index is 1290. The van der Waals surface area contributed by atoms with Crippen LogP contribution in [0.2, 0.25) is 10.0 Å². The molecule has 0 aromatic heterocycles. The number of carbonyl (C=O) groups excluding carboxylic acids is 1. The molecule has 5 nitrogen and oxygen atoms in total. The summed E-state index contributed by atoms with van der Waals surface area (Å²) in [5.41, 5.74) is 2.68. The first-order valence-electron chi connectivity index (χ1n) is 8.67. The molecule has 0 saturated heterocycles. The van der Waals surface area contributed by atoms with E-state index >= 15 is 0 Å². The van der Waals surface area contributed by atoms with Crippen LogP contribution in [0.3, 0.4) is 0 Å². The summed E-state index contributed by atoms with van der Waals surface area (Å²) < 4.78 is 5.84. The number of nitrogens with zero attached hydrogens (tertiary/aromatic N) is 1. The molecule has 7 heteroatoms. The lowest BCUT2D eigenvalue weighted by molar-refractivity contribution is 0.0827. The second kappa shape index (κ2) is 7.10. The van der Waals surface area contributed by atoms with Crippen LogP contribution in [0.5, 0.6) is 5.75 Å². The van der Waals surface area contributed by atoms with E-state index in [1.165, 1.54) is 17.0 Å². The van der Waals surface area contributed by atoms with E-state index in [2.05, 4.69) is 0 Å². The molecule has 146 valence electrons. The number of carbonyl (C=O) groups is 1. The largest absolute Gasteiger partial charge is 0.506 e. The Labute approximate surface area is 176 Å². The number of phenolic OH excluding ortho intramolecular Hbond substituents is 1. The number of halogens is 2. The van der Waals surface area contributed by atoms with Crippen LogP contribution in [0.1, 0.15) is 10.4 Å². The first-order chi connectivity index (χ1) is 13.8. The van der Waals surface area contributed by atoms with Crippen molar-refractivity contribution in [3.8, 4) is 28.2 Å². The summed E-state index contributed by atoms with van der Waals surface area (Å²) in [5, 5.41) is 10.9. The molecule has 1 amide bonds. The maximum atomic E-state index is 12.2. The van der Waals surface area contributed by atoms with Crippen molar-refractivity contribution in [1.82, 2.24) is 4.90 Å². The zero-order chi connectivity index (χ0) is 20.9. The highest BCUT2D eigenvalue weighted by Crippen LogP contribution is 2.43. The second-order valence-electron chi connectivity index (χ2n) is 6.83. The molecule has 0 spiro atoms. The third-order valence-electron chi connectivity index (χ3n) is 4.67. The molecule has 1 N–H and O–H groups in total. The molecule has 1 heterocycles. The molecule has 0 saturated carbocycles. The average Bonchev–Trinajstić information content (AvgIpc) is 2.68. The van der Waals surface area contributed by atoms with Gasteiger partial charge in [0.1, 0.15) is 17.1 Å². The van der Waals surface area contributed by atoms with Gasteiger partial charge in [-0.05, 0) is 29.8 Å². The van der Waals surface area contributed by atoms with Crippen LogP contribution in [-0.2, 0) is 0 Å². The number of phenols is 1. The highest BCUT2D eigenvalue weighted by molar-refractivity contribution is 6.33. The van der Waals surface area contributed by atoms with Gasteiger partial charge in [0.15, 0.2) is 0 Å². The Morgan fingerprint density at radius 1 is 1.00 bits per heavy atom. The number of rotatable bonds is 2. The van der Waals surface area contributed by atoms with E-state index in [4.69, 9.17) is 27.6 Å². The molecule has 4 rings (SSSR count). The van der Waals surface area contributed by atoms with Crippen LogP contribution in [-0.4, -0.2) is 30.0 Å². The number of benzene rings is 3. The third-order valence-corrected chi connectivity index (χ3v) is 5.27. The molecule has 1 aliphatic carbocycles. The number of amides is 1. The molecule has 29 heavy (non-hydrogen) atoms. The maximum Gasteiger partial charge on any atom is 0.253 e. The zero-order valence-electron chi connectivity index (χ0n) is 15.5. The quantitative estimate of drug-likeness (QED) is 0.441. The van der Waals surface area contributed by atoms with Gasteiger partial charge in [0.25, 0.3) is 5.91 Å². The highest BCUT2D eigenvalue weighted by Gasteiger charge is 2.20. The van der Waals surface area contributed by atoms with Gasteiger partial charge in [-0.1, -0.05) is 35.3 Å². The van der Waals surface area contributed by atoms with Crippen LogP contribution in [0.15, 0.2) is 57.7 Å². The van der Waals surface area contributed by atoms with Crippen LogP contribution in [0, 0.1) is 0 Å². The summed E-state index contributed by atoms with van der Waals surface area (Å²) in [6.45, 7) is 0. The predicted octanol–water partition coefficient (Wildman–Crippen LogP) is 5.28. The van der Waals surface area contributed by atoms with E-state index in [0.717, 1.165) is 11.1 Å². The fraction of sp³-hybridized carbons (Fsp3) is 0.0909. The Morgan fingerprint density at radius 2 is 1.69 bits per heavy atom. The molecule has 0 radical (unpaired) electrons. The molecular formula is C22H15Cl2NO4. The van der Waals surface area contributed by atoms with Crippen molar-refractivity contribution in [3.63, 3.8) is 0 Å². The molecule has 2 aromatic carbocycles. The summed E-state index contributed by atoms with van der Waals surface area (Å²) in [5.74, 6) is 0.0925. The normalized spacial score (nSPS) is 11.2. The number of hydrogen-bond donors (Lipinski definition) is 1. The molecule has 0 bridgehead atoms. The van der Waals surface area contributed by atoms with Crippen LogP contribution in [0.25, 0.3) is 33.4 Å². The van der Waals surface area contributed by atoms with Crippen molar-refractivity contribution in [2.75, 3.05) is 14.1 Å². The van der Waals surface area contributed by atoms with Gasteiger partial charge in [0.05, 0.1) is 10.0 Å². The Hall–Kier alpha value is -3.02. The Morgan fingerprint density at radius 3 is 2.34 bits per heavy atom. The fourth-order valence-electron chi connectivity index (χ4n) is 3.25. The van der Waals surface area contributed by atoms with Gasteiger partial charge in [-0.2, -0.15) is 0 Å².